The van der Waals surface area contributed by atoms with Gasteiger partial charge in [0.05, 0.1) is 6.04 Å². The highest BCUT2D eigenvalue weighted by atomic mass is 16.2. The van der Waals surface area contributed by atoms with Gasteiger partial charge in [0.1, 0.15) is 12.1 Å². The lowest BCUT2D eigenvalue weighted by molar-refractivity contribution is -0.144. The van der Waals surface area contributed by atoms with Crippen molar-refractivity contribution < 1.29 is 28.8 Å². The summed E-state index contributed by atoms with van der Waals surface area (Å²) in [5.74, 6) is -3.33. The highest BCUT2D eigenvalue weighted by molar-refractivity contribution is 6.38. The summed E-state index contributed by atoms with van der Waals surface area (Å²) in [6.45, 7) is 15.9. The number of carbonyl (C=O) groups excluding carboxylic acids is 6. The Morgan fingerprint density at radius 1 is 0.978 bits per heavy atom. The average molecular weight is 641 g/mol. The minimum absolute atomic E-state index is 0.00680. The Hall–Kier alpha value is -3.96. The van der Waals surface area contributed by atoms with Crippen molar-refractivity contribution in [2.75, 3.05) is 13.1 Å². The molecule has 2 aliphatic heterocycles. The molecule has 2 saturated heterocycles. The molecule has 12 nitrogen and oxygen atoms in total. The van der Waals surface area contributed by atoms with Crippen LogP contribution in [-0.2, 0) is 30.5 Å². The summed E-state index contributed by atoms with van der Waals surface area (Å²) in [6.07, 6.45) is 0.789. The van der Waals surface area contributed by atoms with E-state index < -0.39 is 64.5 Å². The second kappa shape index (κ2) is 15.1. The number of nitrogens with one attached hydrogen (secondary N) is 5. The second-order valence-corrected chi connectivity index (χ2v) is 15.0. The Labute approximate surface area is 272 Å². The number of urea groups is 1. The van der Waals surface area contributed by atoms with Crippen LogP contribution < -0.4 is 26.6 Å². The van der Waals surface area contributed by atoms with E-state index in [1.807, 2.05) is 85.7 Å². The Morgan fingerprint density at radius 3 is 2.17 bits per heavy atom. The summed E-state index contributed by atoms with van der Waals surface area (Å²) < 4.78 is 0. The summed E-state index contributed by atoms with van der Waals surface area (Å²) in [6, 6.07) is 5.48. The van der Waals surface area contributed by atoms with Gasteiger partial charge in [-0.3, -0.25) is 24.0 Å². The minimum atomic E-state index is -1.26. The number of benzene rings is 1. The monoisotopic (exact) mass is 640 g/mol. The number of likely N-dealkylation sites (tertiary alicyclic amines) is 1. The fourth-order valence-corrected chi connectivity index (χ4v) is 5.84. The first kappa shape index (κ1) is 36.5. The van der Waals surface area contributed by atoms with Crippen molar-refractivity contribution in [1.29, 1.82) is 0 Å². The zero-order chi connectivity index (χ0) is 34.4. The van der Waals surface area contributed by atoms with Crippen LogP contribution >= 0.6 is 0 Å². The molecule has 6 amide bonds. The normalized spacial score (nSPS) is 21.3. The topological polar surface area (TPSA) is 166 Å². The summed E-state index contributed by atoms with van der Waals surface area (Å²) in [5, 5.41) is 13.8. The minimum Gasteiger partial charge on any atom is -0.356 e. The van der Waals surface area contributed by atoms with Crippen LogP contribution in [0, 0.1) is 23.2 Å². The molecule has 5 atom stereocenters. The van der Waals surface area contributed by atoms with Gasteiger partial charge < -0.3 is 31.5 Å². The zero-order valence-electron chi connectivity index (χ0n) is 28.5. The van der Waals surface area contributed by atoms with Gasteiger partial charge >= 0.3 is 6.03 Å². The van der Waals surface area contributed by atoms with Crippen molar-refractivity contribution in [1.82, 2.24) is 31.5 Å². The van der Waals surface area contributed by atoms with E-state index in [0.717, 1.165) is 5.56 Å². The maximum atomic E-state index is 14.2. The predicted molar refractivity (Wildman–Crippen MR) is 174 cm³/mol. The van der Waals surface area contributed by atoms with Gasteiger partial charge in [-0.1, -0.05) is 65.0 Å². The Morgan fingerprint density at radius 2 is 1.63 bits per heavy atom. The third-order valence-electron chi connectivity index (χ3n) is 8.57. The molecule has 0 bridgehead atoms. The molecule has 1 aromatic carbocycles. The standard InChI is InChI=1S/C34H52N6O6/c1-20(2)23-17-25(40(19-23)31(45)27(33(3,4)5)38-32(46)39-34(6,7)8)29(43)37-24(16-22-14-15-35-28(22)42)26(41)30(44)36-18-21-12-10-9-11-13-21/h9-13,20,22-25,27H,14-19H2,1-8H3,(H,35,42)(H,36,44)(H,37,43)(H2,38,39,46)/t22-,23+,24-,25-,27+/m0/s1. The number of amides is 6. The van der Waals surface area contributed by atoms with Crippen LogP contribution in [0.2, 0.25) is 0 Å². The molecule has 1 aromatic rings. The van der Waals surface area contributed by atoms with E-state index in [1.54, 1.807) is 0 Å². The third kappa shape index (κ3) is 10.0. The highest BCUT2D eigenvalue weighted by Crippen LogP contribution is 2.32. The number of hydrogen-bond donors (Lipinski definition) is 5. The molecule has 3 rings (SSSR count). The number of hydrogen-bond acceptors (Lipinski definition) is 6. The van der Waals surface area contributed by atoms with Crippen molar-refractivity contribution in [2.24, 2.45) is 23.2 Å². The van der Waals surface area contributed by atoms with E-state index >= 15 is 0 Å². The quantitative estimate of drug-likeness (QED) is 0.233. The highest BCUT2D eigenvalue weighted by Gasteiger charge is 2.46. The van der Waals surface area contributed by atoms with E-state index in [-0.39, 0.29) is 30.7 Å². The van der Waals surface area contributed by atoms with Crippen molar-refractivity contribution in [3.05, 3.63) is 35.9 Å². The summed E-state index contributed by atoms with van der Waals surface area (Å²) in [7, 11) is 0. The van der Waals surface area contributed by atoms with Crippen LogP contribution in [0.15, 0.2) is 30.3 Å². The number of rotatable bonds is 11. The summed E-state index contributed by atoms with van der Waals surface area (Å²) in [5.41, 5.74) is -0.411. The molecule has 0 aliphatic carbocycles. The van der Waals surface area contributed by atoms with E-state index in [9.17, 15) is 28.8 Å². The van der Waals surface area contributed by atoms with Gasteiger partial charge in [-0.05, 0) is 62.8 Å². The van der Waals surface area contributed by atoms with Crippen molar-refractivity contribution in [3.8, 4) is 0 Å². The van der Waals surface area contributed by atoms with Crippen LogP contribution in [0.25, 0.3) is 0 Å². The molecule has 0 saturated carbocycles. The lowest BCUT2D eigenvalue weighted by Gasteiger charge is -2.36. The van der Waals surface area contributed by atoms with E-state index in [4.69, 9.17) is 0 Å². The van der Waals surface area contributed by atoms with Crippen molar-refractivity contribution in [2.45, 2.75) is 105 Å². The van der Waals surface area contributed by atoms with Gasteiger partial charge in [0, 0.05) is 31.1 Å². The summed E-state index contributed by atoms with van der Waals surface area (Å²) in [4.78, 5) is 81.4. The number of Topliss-reactive ketones (excluding diaryl/α,β-unsaturated/α-hetero) is 1. The van der Waals surface area contributed by atoms with Gasteiger partial charge in [0.25, 0.3) is 5.91 Å². The van der Waals surface area contributed by atoms with Gasteiger partial charge in [-0.2, -0.15) is 0 Å². The van der Waals surface area contributed by atoms with E-state index in [0.29, 0.717) is 25.9 Å². The lowest BCUT2D eigenvalue weighted by Crippen LogP contribution is -2.61. The molecule has 0 unspecified atom stereocenters. The van der Waals surface area contributed by atoms with Gasteiger partial charge in [-0.15, -0.1) is 0 Å². The molecular weight excluding hydrogens is 588 g/mol. The Bertz CT molecular complexity index is 1290. The van der Waals surface area contributed by atoms with E-state index in [1.165, 1.54) is 4.90 Å². The van der Waals surface area contributed by atoms with Crippen LogP contribution in [0.1, 0.15) is 80.2 Å². The molecule has 46 heavy (non-hydrogen) atoms. The van der Waals surface area contributed by atoms with E-state index in [2.05, 4.69) is 26.6 Å². The molecule has 2 fully saturated rings. The van der Waals surface area contributed by atoms with Gasteiger partial charge in [0.15, 0.2) is 0 Å². The molecule has 2 aliphatic rings. The SMILES string of the molecule is CC(C)[C@@H]1C[C@@H](C(=O)N[C@@H](C[C@@H]2CCNC2=O)C(=O)C(=O)NCc2ccccc2)N(C(=O)[C@@H](NC(=O)NC(C)(C)C)C(C)(C)C)C1. The molecule has 0 radical (unpaired) electrons. The Balaban J connectivity index is 1.84. The zero-order valence-corrected chi connectivity index (χ0v) is 28.5. The van der Waals surface area contributed by atoms with Crippen LogP contribution in [0.5, 0.6) is 0 Å². The third-order valence-corrected chi connectivity index (χ3v) is 8.57. The first-order chi connectivity index (χ1) is 21.4. The molecule has 12 heteroatoms. The van der Waals surface area contributed by atoms with Gasteiger partial charge in [0.2, 0.25) is 23.5 Å². The number of carbonyl (C=O) groups is 6. The molecule has 0 aromatic heterocycles. The molecule has 5 N–H and O–H groups in total. The fourth-order valence-electron chi connectivity index (χ4n) is 5.84. The molecule has 0 spiro atoms. The van der Waals surface area contributed by atoms with Crippen molar-refractivity contribution >= 4 is 35.4 Å². The van der Waals surface area contributed by atoms with Crippen LogP contribution in [0.3, 0.4) is 0 Å². The lowest BCUT2D eigenvalue weighted by atomic mass is 9.85. The summed E-state index contributed by atoms with van der Waals surface area (Å²) >= 11 is 0. The molecule has 2 heterocycles. The number of ketones is 1. The molecular formula is C34H52N6O6. The first-order valence-corrected chi connectivity index (χ1v) is 16.2. The Kier molecular flexibility index (Phi) is 12.0. The maximum absolute atomic E-state index is 14.2. The molecule has 254 valence electrons. The fraction of sp³-hybridized carbons (Fsp3) is 0.647. The second-order valence-electron chi connectivity index (χ2n) is 15.0. The maximum Gasteiger partial charge on any atom is 0.315 e. The predicted octanol–water partition coefficient (Wildman–Crippen LogP) is 2.27. The first-order valence-electron chi connectivity index (χ1n) is 16.2. The van der Waals surface area contributed by atoms with Crippen molar-refractivity contribution in [3.63, 3.8) is 0 Å². The largest absolute Gasteiger partial charge is 0.356 e. The number of nitrogens with zero attached hydrogens (tertiary/aromatic N) is 1. The van der Waals surface area contributed by atoms with Crippen LogP contribution in [0.4, 0.5) is 4.79 Å². The van der Waals surface area contributed by atoms with Gasteiger partial charge in [-0.25, -0.2) is 4.79 Å². The smallest absolute Gasteiger partial charge is 0.315 e. The van der Waals surface area contributed by atoms with Crippen LogP contribution in [-0.4, -0.2) is 77.1 Å². The average Bonchev–Trinajstić information content (AvgIpc) is 3.59.